The maximum absolute atomic E-state index is 13.8. The summed E-state index contributed by atoms with van der Waals surface area (Å²) >= 11 is 0. The summed E-state index contributed by atoms with van der Waals surface area (Å²) in [5.41, 5.74) is 3.07. The van der Waals surface area contributed by atoms with Gasteiger partial charge in [-0.05, 0) is 24.1 Å². The largest absolute Gasteiger partial charge is 0.351 e. The standard InChI is InChI=1S/C27H30FN3O/c1-21(27(32)29-20-24-14-8-9-15-25(24)28)30-16-18-31(19-17-30)26(22-10-4-2-5-11-22)23-12-6-3-7-13-23/h2-15,21,26H,16-20H2,1H3,(H,29,32)/t21-/m1/s1. The number of nitrogens with zero attached hydrogens (tertiary/aromatic N) is 2. The fraction of sp³-hybridized carbons (Fsp3) is 0.296. The van der Waals surface area contributed by atoms with Gasteiger partial charge in [-0.2, -0.15) is 0 Å². The van der Waals surface area contributed by atoms with Crippen molar-refractivity contribution in [1.82, 2.24) is 15.1 Å². The summed E-state index contributed by atoms with van der Waals surface area (Å²) in [6.45, 7) is 5.51. The summed E-state index contributed by atoms with van der Waals surface area (Å²) in [5.74, 6) is -0.355. The van der Waals surface area contributed by atoms with E-state index in [0.717, 1.165) is 26.2 Å². The topological polar surface area (TPSA) is 35.6 Å². The maximum atomic E-state index is 13.8. The number of amides is 1. The molecule has 1 fully saturated rings. The van der Waals surface area contributed by atoms with Gasteiger partial charge in [0.05, 0.1) is 12.1 Å². The highest BCUT2D eigenvalue weighted by molar-refractivity contribution is 5.81. The second kappa shape index (κ2) is 10.5. The summed E-state index contributed by atoms with van der Waals surface area (Å²) in [7, 11) is 0. The summed E-state index contributed by atoms with van der Waals surface area (Å²) in [6, 6.07) is 27.7. The van der Waals surface area contributed by atoms with Crippen LogP contribution >= 0.6 is 0 Å². The van der Waals surface area contributed by atoms with Crippen molar-refractivity contribution in [3.8, 4) is 0 Å². The van der Waals surface area contributed by atoms with Crippen molar-refractivity contribution >= 4 is 5.91 Å². The molecule has 3 aromatic carbocycles. The Morgan fingerprint density at radius 2 is 1.31 bits per heavy atom. The molecule has 1 amide bonds. The van der Waals surface area contributed by atoms with Crippen molar-refractivity contribution in [2.45, 2.75) is 25.6 Å². The number of hydrogen-bond donors (Lipinski definition) is 1. The van der Waals surface area contributed by atoms with Crippen molar-refractivity contribution in [1.29, 1.82) is 0 Å². The van der Waals surface area contributed by atoms with Gasteiger partial charge in [0.2, 0.25) is 5.91 Å². The highest BCUT2D eigenvalue weighted by atomic mass is 19.1. The molecule has 0 radical (unpaired) electrons. The Labute approximate surface area is 189 Å². The van der Waals surface area contributed by atoms with Crippen molar-refractivity contribution in [3.05, 3.63) is 107 Å². The average molecular weight is 432 g/mol. The first-order chi connectivity index (χ1) is 15.6. The van der Waals surface area contributed by atoms with Gasteiger partial charge >= 0.3 is 0 Å². The van der Waals surface area contributed by atoms with E-state index < -0.39 is 0 Å². The summed E-state index contributed by atoms with van der Waals surface area (Å²) < 4.78 is 13.8. The maximum Gasteiger partial charge on any atom is 0.237 e. The SMILES string of the molecule is C[C@H](C(=O)NCc1ccccc1F)N1CCN(C(c2ccccc2)c2ccccc2)CC1. The molecule has 4 rings (SSSR count). The third-order valence-corrected chi connectivity index (χ3v) is 6.28. The van der Waals surface area contributed by atoms with Gasteiger partial charge < -0.3 is 5.32 Å². The molecular formula is C27H30FN3O. The number of rotatable bonds is 7. The van der Waals surface area contributed by atoms with E-state index in [1.165, 1.54) is 17.2 Å². The number of carbonyl (C=O) groups excluding carboxylic acids is 1. The molecule has 0 aliphatic carbocycles. The lowest BCUT2D eigenvalue weighted by atomic mass is 9.96. The van der Waals surface area contributed by atoms with E-state index in [-0.39, 0.29) is 30.4 Å². The van der Waals surface area contributed by atoms with Crippen LogP contribution in [0.15, 0.2) is 84.9 Å². The summed E-state index contributed by atoms with van der Waals surface area (Å²) in [5, 5.41) is 2.89. The van der Waals surface area contributed by atoms with Gasteiger partial charge in [-0.1, -0.05) is 78.9 Å². The lowest BCUT2D eigenvalue weighted by Crippen LogP contribution is -2.54. The smallest absolute Gasteiger partial charge is 0.237 e. The molecule has 32 heavy (non-hydrogen) atoms. The molecule has 0 saturated carbocycles. The third kappa shape index (κ3) is 5.23. The fourth-order valence-corrected chi connectivity index (χ4v) is 4.41. The van der Waals surface area contributed by atoms with Crippen LogP contribution in [0.3, 0.4) is 0 Å². The van der Waals surface area contributed by atoms with Gasteiger partial charge in [0.1, 0.15) is 5.82 Å². The van der Waals surface area contributed by atoms with Crippen LogP contribution in [0.2, 0.25) is 0 Å². The van der Waals surface area contributed by atoms with E-state index in [2.05, 4.69) is 63.6 Å². The van der Waals surface area contributed by atoms with E-state index in [4.69, 9.17) is 0 Å². The zero-order valence-electron chi connectivity index (χ0n) is 18.5. The summed E-state index contributed by atoms with van der Waals surface area (Å²) in [6.07, 6.45) is 0. The number of halogens is 1. The Hall–Kier alpha value is -3.02. The van der Waals surface area contributed by atoms with Crippen molar-refractivity contribution in [3.63, 3.8) is 0 Å². The number of nitrogens with one attached hydrogen (secondary N) is 1. The molecule has 1 aliphatic rings. The molecular weight excluding hydrogens is 401 g/mol. The Balaban J connectivity index is 1.38. The van der Waals surface area contributed by atoms with Gasteiger partial charge in [0.25, 0.3) is 0 Å². The number of benzene rings is 3. The van der Waals surface area contributed by atoms with Crippen LogP contribution in [0.25, 0.3) is 0 Å². The minimum atomic E-state index is -0.290. The molecule has 3 aromatic rings. The lowest BCUT2D eigenvalue weighted by Gasteiger charge is -2.41. The van der Waals surface area contributed by atoms with Crippen LogP contribution < -0.4 is 5.32 Å². The molecule has 1 saturated heterocycles. The predicted octanol–water partition coefficient (Wildman–Crippen LogP) is 4.24. The first-order valence-electron chi connectivity index (χ1n) is 11.2. The molecule has 1 heterocycles. The normalized spacial score (nSPS) is 16.1. The molecule has 4 nitrogen and oxygen atoms in total. The summed E-state index contributed by atoms with van der Waals surface area (Å²) in [4.78, 5) is 17.4. The van der Waals surface area contributed by atoms with Gasteiger partial charge in [0.15, 0.2) is 0 Å². The monoisotopic (exact) mass is 431 g/mol. The van der Waals surface area contributed by atoms with Crippen LogP contribution in [0.1, 0.15) is 29.7 Å². The lowest BCUT2D eigenvalue weighted by molar-refractivity contribution is -0.126. The second-order valence-corrected chi connectivity index (χ2v) is 8.28. The van der Waals surface area contributed by atoms with E-state index >= 15 is 0 Å². The first-order valence-corrected chi connectivity index (χ1v) is 11.2. The molecule has 0 spiro atoms. The van der Waals surface area contributed by atoms with Crippen LogP contribution in [0, 0.1) is 5.82 Å². The van der Waals surface area contributed by atoms with Crippen LogP contribution in [0.5, 0.6) is 0 Å². The van der Waals surface area contributed by atoms with E-state index in [1.54, 1.807) is 18.2 Å². The molecule has 1 aliphatic heterocycles. The average Bonchev–Trinajstić information content (AvgIpc) is 2.85. The van der Waals surface area contributed by atoms with E-state index in [1.807, 2.05) is 19.1 Å². The number of carbonyl (C=O) groups is 1. The molecule has 0 unspecified atom stereocenters. The number of piperazine rings is 1. The van der Waals surface area contributed by atoms with Gasteiger partial charge in [-0.15, -0.1) is 0 Å². The van der Waals surface area contributed by atoms with Crippen LogP contribution in [-0.4, -0.2) is 47.9 Å². The second-order valence-electron chi connectivity index (χ2n) is 8.28. The minimum Gasteiger partial charge on any atom is -0.351 e. The van der Waals surface area contributed by atoms with Crippen molar-refractivity contribution in [2.24, 2.45) is 0 Å². The van der Waals surface area contributed by atoms with Gasteiger partial charge in [0, 0.05) is 38.3 Å². The van der Waals surface area contributed by atoms with Gasteiger partial charge in [-0.25, -0.2) is 4.39 Å². The Bertz CT molecular complexity index is 964. The molecule has 1 atom stereocenters. The van der Waals surface area contributed by atoms with Crippen LogP contribution in [-0.2, 0) is 11.3 Å². The first kappa shape index (κ1) is 22.2. The zero-order chi connectivity index (χ0) is 22.3. The molecule has 0 aromatic heterocycles. The Morgan fingerprint density at radius 1 is 0.812 bits per heavy atom. The van der Waals surface area contributed by atoms with Crippen LogP contribution in [0.4, 0.5) is 4.39 Å². The zero-order valence-corrected chi connectivity index (χ0v) is 18.5. The van der Waals surface area contributed by atoms with Crippen molar-refractivity contribution in [2.75, 3.05) is 26.2 Å². The van der Waals surface area contributed by atoms with Crippen molar-refractivity contribution < 1.29 is 9.18 Å². The van der Waals surface area contributed by atoms with E-state index in [0.29, 0.717) is 5.56 Å². The number of hydrogen-bond acceptors (Lipinski definition) is 3. The Kier molecular flexibility index (Phi) is 7.30. The molecule has 166 valence electrons. The van der Waals surface area contributed by atoms with Gasteiger partial charge in [-0.3, -0.25) is 14.6 Å². The molecule has 0 bridgehead atoms. The fourth-order valence-electron chi connectivity index (χ4n) is 4.41. The molecule has 1 N–H and O–H groups in total. The van der Waals surface area contributed by atoms with E-state index in [9.17, 15) is 9.18 Å². The highest BCUT2D eigenvalue weighted by Gasteiger charge is 2.30. The molecule has 5 heteroatoms. The Morgan fingerprint density at radius 3 is 1.88 bits per heavy atom. The highest BCUT2D eigenvalue weighted by Crippen LogP contribution is 2.29. The quantitative estimate of drug-likeness (QED) is 0.608. The third-order valence-electron chi connectivity index (χ3n) is 6.28. The predicted molar refractivity (Wildman–Crippen MR) is 126 cm³/mol. The minimum absolute atomic E-state index is 0.0654.